The van der Waals surface area contributed by atoms with Gasteiger partial charge < -0.3 is 25.2 Å². The Balaban J connectivity index is 2.23. The molecule has 0 aliphatic rings. The van der Waals surface area contributed by atoms with Crippen LogP contribution in [0.3, 0.4) is 0 Å². The van der Waals surface area contributed by atoms with Crippen LogP contribution in [-0.4, -0.2) is 77.4 Å². The number of ether oxygens (including phenoxy) is 1. The lowest BCUT2D eigenvalue weighted by molar-refractivity contribution is 0.180. The van der Waals surface area contributed by atoms with E-state index in [9.17, 15) is 0 Å². The minimum Gasteiger partial charge on any atom is -0.385 e. The van der Waals surface area contributed by atoms with E-state index in [4.69, 9.17) is 4.74 Å². The van der Waals surface area contributed by atoms with Crippen molar-refractivity contribution in [1.29, 1.82) is 0 Å². The third-order valence-corrected chi connectivity index (χ3v) is 4.31. The highest BCUT2D eigenvalue weighted by molar-refractivity contribution is 7.13. The van der Waals surface area contributed by atoms with Gasteiger partial charge in [0.2, 0.25) is 0 Å². The number of aliphatic imine (C=N–C) groups is 1. The number of methoxy groups -OCH3 is 1. The maximum atomic E-state index is 5.06. The van der Waals surface area contributed by atoms with Gasteiger partial charge in [0.05, 0.1) is 12.2 Å². The molecule has 1 aromatic rings. The summed E-state index contributed by atoms with van der Waals surface area (Å²) < 4.78 is 5.06. The van der Waals surface area contributed by atoms with Gasteiger partial charge in [-0.05, 0) is 13.5 Å². The first-order valence-electron chi connectivity index (χ1n) is 7.80. The Kier molecular flexibility index (Phi) is 9.58. The quantitative estimate of drug-likeness (QED) is 0.373. The van der Waals surface area contributed by atoms with E-state index in [1.807, 2.05) is 19.0 Å². The van der Waals surface area contributed by atoms with Gasteiger partial charge in [0.25, 0.3) is 0 Å². The normalized spacial score (nSPS) is 11.8. The Hall–Kier alpha value is -1.38. The number of nitrogens with one attached hydrogen (secondary N) is 2. The average molecular weight is 343 g/mol. The van der Waals surface area contributed by atoms with E-state index in [1.165, 1.54) is 0 Å². The number of hydrogen-bond acceptors (Lipinski definition) is 6. The smallest absolute Gasteiger partial charge is 0.191 e. The molecule has 0 aliphatic heterocycles. The van der Waals surface area contributed by atoms with Gasteiger partial charge in [0.1, 0.15) is 0 Å². The van der Waals surface area contributed by atoms with Crippen LogP contribution >= 0.6 is 11.3 Å². The van der Waals surface area contributed by atoms with Crippen LogP contribution in [0.4, 0.5) is 5.13 Å². The zero-order chi connectivity index (χ0) is 17.1. The summed E-state index contributed by atoms with van der Waals surface area (Å²) in [5.74, 6) is 0.801. The molecular weight excluding hydrogens is 312 g/mol. The Bertz CT molecular complexity index is 463. The predicted octanol–water partition coefficient (Wildman–Crippen LogP) is 0.842. The molecule has 132 valence electrons. The van der Waals surface area contributed by atoms with Gasteiger partial charge in [0, 0.05) is 59.9 Å². The highest BCUT2D eigenvalue weighted by Gasteiger charge is 2.05. The van der Waals surface area contributed by atoms with Crippen molar-refractivity contribution in [3.05, 3.63) is 11.1 Å². The summed E-state index contributed by atoms with van der Waals surface area (Å²) in [6, 6.07) is 0. The Morgan fingerprint density at radius 2 is 2.09 bits per heavy atom. The van der Waals surface area contributed by atoms with Gasteiger partial charge in [0.15, 0.2) is 11.1 Å². The summed E-state index contributed by atoms with van der Waals surface area (Å²) in [7, 11) is 9.63. The number of anilines is 1. The van der Waals surface area contributed by atoms with E-state index in [-0.39, 0.29) is 0 Å². The molecule has 0 fully saturated rings. The van der Waals surface area contributed by atoms with Crippen LogP contribution in [0.25, 0.3) is 0 Å². The lowest BCUT2D eigenvalue weighted by Gasteiger charge is -2.18. The van der Waals surface area contributed by atoms with Crippen molar-refractivity contribution in [2.45, 2.75) is 13.0 Å². The second kappa shape index (κ2) is 11.2. The van der Waals surface area contributed by atoms with Crippen molar-refractivity contribution in [1.82, 2.24) is 20.5 Å². The summed E-state index contributed by atoms with van der Waals surface area (Å²) in [4.78, 5) is 13.1. The van der Waals surface area contributed by atoms with Crippen LogP contribution in [0.1, 0.15) is 12.1 Å². The molecule has 1 rings (SSSR count). The molecule has 7 nitrogen and oxygen atoms in total. The summed E-state index contributed by atoms with van der Waals surface area (Å²) in [6.45, 7) is 4.33. The van der Waals surface area contributed by atoms with Crippen molar-refractivity contribution in [2.75, 3.05) is 66.4 Å². The lowest BCUT2D eigenvalue weighted by Crippen LogP contribution is -2.40. The number of hydrogen-bond donors (Lipinski definition) is 2. The van der Waals surface area contributed by atoms with Crippen LogP contribution in [0.5, 0.6) is 0 Å². The average Bonchev–Trinajstić information content (AvgIpc) is 3.00. The fourth-order valence-electron chi connectivity index (χ4n) is 1.93. The molecule has 0 atom stereocenters. The standard InChI is InChI=1S/C15H30N6OS/c1-16-14(17-7-9-21(4)8-6-10-22-5)18-11-13-12-23-15(19-13)20(2)3/h12H,6-11H2,1-5H3,(H2,16,17,18). The number of thiazole rings is 1. The molecule has 23 heavy (non-hydrogen) atoms. The predicted molar refractivity (Wildman–Crippen MR) is 98.6 cm³/mol. The topological polar surface area (TPSA) is 65.0 Å². The molecule has 2 N–H and O–H groups in total. The summed E-state index contributed by atoms with van der Waals surface area (Å²) in [6.07, 6.45) is 1.05. The monoisotopic (exact) mass is 342 g/mol. The molecule has 8 heteroatoms. The lowest BCUT2D eigenvalue weighted by atomic mass is 10.4. The number of likely N-dealkylation sites (N-methyl/N-ethyl adjacent to an activating group) is 1. The Labute approximate surface area is 143 Å². The van der Waals surface area contributed by atoms with Gasteiger partial charge in [-0.3, -0.25) is 4.99 Å². The molecule has 0 saturated carbocycles. The number of guanidine groups is 1. The van der Waals surface area contributed by atoms with Crippen molar-refractivity contribution in [2.24, 2.45) is 4.99 Å². The SMILES string of the molecule is CN=C(NCCN(C)CCCOC)NCc1csc(N(C)C)n1. The molecule has 0 bridgehead atoms. The van der Waals surface area contributed by atoms with Gasteiger partial charge in [-0.25, -0.2) is 4.98 Å². The van der Waals surface area contributed by atoms with Gasteiger partial charge >= 0.3 is 0 Å². The van der Waals surface area contributed by atoms with Crippen LogP contribution in [0, 0.1) is 0 Å². The van der Waals surface area contributed by atoms with Crippen LogP contribution in [-0.2, 0) is 11.3 Å². The molecule has 0 amide bonds. The van der Waals surface area contributed by atoms with Crippen molar-refractivity contribution < 1.29 is 4.74 Å². The highest BCUT2D eigenvalue weighted by atomic mass is 32.1. The van der Waals surface area contributed by atoms with Gasteiger partial charge in [-0.2, -0.15) is 0 Å². The first-order valence-corrected chi connectivity index (χ1v) is 8.68. The van der Waals surface area contributed by atoms with Gasteiger partial charge in [-0.15, -0.1) is 11.3 Å². The number of nitrogens with zero attached hydrogens (tertiary/aromatic N) is 4. The Morgan fingerprint density at radius 3 is 2.70 bits per heavy atom. The largest absolute Gasteiger partial charge is 0.385 e. The van der Waals surface area contributed by atoms with E-state index < -0.39 is 0 Å². The second-order valence-corrected chi connectivity index (χ2v) is 6.35. The summed E-state index contributed by atoms with van der Waals surface area (Å²) >= 11 is 1.65. The number of rotatable bonds is 10. The molecule has 0 spiro atoms. The molecule has 0 saturated heterocycles. The highest BCUT2D eigenvalue weighted by Crippen LogP contribution is 2.17. The first kappa shape index (κ1) is 19.7. The van der Waals surface area contributed by atoms with E-state index in [0.29, 0.717) is 6.54 Å². The zero-order valence-corrected chi connectivity index (χ0v) is 15.7. The minimum absolute atomic E-state index is 0.674. The molecule has 0 aliphatic carbocycles. The Morgan fingerprint density at radius 1 is 1.30 bits per heavy atom. The summed E-state index contributed by atoms with van der Waals surface area (Å²) in [5.41, 5.74) is 1.03. The van der Waals surface area contributed by atoms with E-state index >= 15 is 0 Å². The second-order valence-electron chi connectivity index (χ2n) is 5.52. The molecular formula is C15H30N6OS. The zero-order valence-electron chi connectivity index (χ0n) is 14.9. The molecule has 1 heterocycles. The van der Waals surface area contributed by atoms with E-state index in [0.717, 1.165) is 49.4 Å². The van der Waals surface area contributed by atoms with Crippen LogP contribution in [0.2, 0.25) is 0 Å². The summed E-state index contributed by atoms with van der Waals surface area (Å²) in [5, 5.41) is 9.70. The minimum atomic E-state index is 0.674. The number of aromatic nitrogens is 1. The molecule has 0 radical (unpaired) electrons. The fraction of sp³-hybridized carbons (Fsp3) is 0.733. The molecule has 0 unspecified atom stereocenters. The maximum absolute atomic E-state index is 5.06. The van der Waals surface area contributed by atoms with E-state index in [1.54, 1.807) is 25.5 Å². The third kappa shape index (κ3) is 8.15. The fourth-order valence-corrected chi connectivity index (χ4v) is 2.69. The molecule has 0 aromatic carbocycles. The molecule has 1 aromatic heterocycles. The first-order chi connectivity index (χ1) is 11.1. The van der Waals surface area contributed by atoms with Crippen molar-refractivity contribution in [3.63, 3.8) is 0 Å². The van der Waals surface area contributed by atoms with Crippen LogP contribution in [0.15, 0.2) is 10.4 Å². The maximum Gasteiger partial charge on any atom is 0.191 e. The van der Waals surface area contributed by atoms with Crippen LogP contribution < -0.4 is 15.5 Å². The van der Waals surface area contributed by atoms with E-state index in [2.05, 4.69) is 37.9 Å². The van der Waals surface area contributed by atoms with Crippen molar-refractivity contribution in [3.8, 4) is 0 Å². The third-order valence-electron chi connectivity index (χ3n) is 3.26. The van der Waals surface area contributed by atoms with Gasteiger partial charge in [-0.1, -0.05) is 0 Å². The van der Waals surface area contributed by atoms with Crippen molar-refractivity contribution >= 4 is 22.4 Å².